The predicted molar refractivity (Wildman–Crippen MR) is 129 cm³/mol. The van der Waals surface area contributed by atoms with E-state index in [4.69, 9.17) is 9.72 Å². The van der Waals surface area contributed by atoms with Crippen LogP contribution in [0.15, 0.2) is 91.3 Å². The molecule has 0 bridgehead atoms. The zero-order valence-corrected chi connectivity index (χ0v) is 18.3. The highest BCUT2D eigenvalue weighted by Gasteiger charge is 2.19. The third-order valence-corrected chi connectivity index (χ3v) is 5.68. The maximum Gasteiger partial charge on any atom is 0.251 e. The van der Waals surface area contributed by atoms with Gasteiger partial charge in [-0.3, -0.25) is 9.78 Å². The van der Waals surface area contributed by atoms with Crippen molar-refractivity contribution in [3.8, 4) is 5.75 Å². The molecule has 1 amide bonds. The van der Waals surface area contributed by atoms with E-state index in [1.54, 1.807) is 24.5 Å². The normalized spacial score (nSPS) is 12.0. The number of ether oxygens (including phenoxy) is 1. The second kappa shape index (κ2) is 9.12. The molecule has 0 aliphatic rings. The molecule has 0 aliphatic heterocycles. The number of benzene rings is 3. The molecule has 0 fully saturated rings. The lowest BCUT2D eigenvalue weighted by molar-refractivity contribution is 0.0937. The highest BCUT2D eigenvalue weighted by atomic mass is 16.5. The Morgan fingerprint density at radius 3 is 2.61 bits per heavy atom. The number of hydrogen-bond acceptors (Lipinski definition) is 4. The number of fused-ring (bicyclic) bond motifs is 2. The fourth-order valence-corrected chi connectivity index (χ4v) is 4.08. The molecule has 2 heterocycles. The number of rotatable bonds is 7. The quantitative estimate of drug-likeness (QED) is 0.383. The molecule has 5 aromatic rings. The second-order valence-electron chi connectivity index (χ2n) is 7.87. The Morgan fingerprint density at radius 1 is 0.970 bits per heavy atom. The maximum absolute atomic E-state index is 12.7. The van der Waals surface area contributed by atoms with E-state index in [0.29, 0.717) is 18.7 Å². The van der Waals surface area contributed by atoms with Gasteiger partial charge in [0, 0.05) is 23.3 Å². The zero-order chi connectivity index (χ0) is 22.6. The molecule has 0 aliphatic carbocycles. The molecule has 6 heteroatoms. The number of nitrogens with one attached hydrogen (secondary N) is 1. The SMILES string of the molecule is CC(NC(=O)c1ccncc1)c1nc2ccccc2n1CCOc1cccc2ccccc12. The average Bonchev–Trinajstić information content (AvgIpc) is 3.23. The average molecular weight is 437 g/mol. The van der Waals surface area contributed by atoms with Gasteiger partial charge in [-0.1, -0.05) is 48.5 Å². The highest BCUT2D eigenvalue weighted by molar-refractivity contribution is 5.94. The molecule has 0 spiro atoms. The van der Waals surface area contributed by atoms with E-state index in [9.17, 15) is 4.79 Å². The summed E-state index contributed by atoms with van der Waals surface area (Å²) in [5, 5.41) is 5.30. The maximum atomic E-state index is 12.7. The van der Waals surface area contributed by atoms with Crippen LogP contribution in [0, 0.1) is 0 Å². The minimum Gasteiger partial charge on any atom is -0.491 e. The van der Waals surface area contributed by atoms with Crippen LogP contribution in [0.1, 0.15) is 29.1 Å². The van der Waals surface area contributed by atoms with E-state index >= 15 is 0 Å². The molecule has 1 atom stereocenters. The van der Waals surface area contributed by atoms with Crippen molar-refractivity contribution in [3.63, 3.8) is 0 Å². The van der Waals surface area contributed by atoms with Gasteiger partial charge < -0.3 is 14.6 Å². The van der Waals surface area contributed by atoms with Gasteiger partial charge in [0.25, 0.3) is 5.91 Å². The lowest BCUT2D eigenvalue weighted by Gasteiger charge is -2.17. The summed E-state index contributed by atoms with van der Waals surface area (Å²) in [6.45, 7) is 3.03. The molecule has 1 N–H and O–H groups in total. The van der Waals surface area contributed by atoms with E-state index in [-0.39, 0.29) is 11.9 Å². The number of carbonyl (C=O) groups is 1. The first-order valence-electron chi connectivity index (χ1n) is 11.0. The summed E-state index contributed by atoms with van der Waals surface area (Å²) in [6.07, 6.45) is 3.22. The number of nitrogens with zero attached hydrogens (tertiary/aromatic N) is 3. The largest absolute Gasteiger partial charge is 0.491 e. The van der Waals surface area contributed by atoms with Crippen molar-refractivity contribution in [2.45, 2.75) is 19.5 Å². The molecule has 33 heavy (non-hydrogen) atoms. The monoisotopic (exact) mass is 436 g/mol. The molecule has 3 aromatic carbocycles. The first-order valence-corrected chi connectivity index (χ1v) is 11.0. The minimum atomic E-state index is -0.282. The summed E-state index contributed by atoms with van der Waals surface area (Å²) in [5.41, 5.74) is 2.47. The van der Waals surface area contributed by atoms with Crippen LogP contribution in [0.4, 0.5) is 0 Å². The van der Waals surface area contributed by atoms with Crippen molar-refractivity contribution in [2.24, 2.45) is 0 Å². The minimum absolute atomic E-state index is 0.157. The Morgan fingerprint density at radius 2 is 1.73 bits per heavy atom. The van der Waals surface area contributed by atoms with E-state index in [1.165, 1.54) is 0 Å². The summed E-state index contributed by atoms with van der Waals surface area (Å²) >= 11 is 0. The van der Waals surface area contributed by atoms with Crippen LogP contribution >= 0.6 is 0 Å². The molecule has 5 rings (SSSR count). The predicted octanol–water partition coefficient (Wildman–Crippen LogP) is 5.15. The van der Waals surface area contributed by atoms with Crippen molar-refractivity contribution in [3.05, 3.63) is 103 Å². The van der Waals surface area contributed by atoms with Crippen LogP contribution in [0.2, 0.25) is 0 Å². The van der Waals surface area contributed by atoms with Crippen molar-refractivity contribution in [1.29, 1.82) is 0 Å². The van der Waals surface area contributed by atoms with Crippen LogP contribution in [-0.4, -0.2) is 27.0 Å². The van der Waals surface area contributed by atoms with Gasteiger partial charge in [0.05, 0.1) is 23.6 Å². The second-order valence-corrected chi connectivity index (χ2v) is 7.87. The van der Waals surface area contributed by atoms with E-state index in [1.807, 2.05) is 55.5 Å². The fraction of sp³-hybridized carbons (Fsp3) is 0.148. The van der Waals surface area contributed by atoms with Gasteiger partial charge in [-0.2, -0.15) is 0 Å². The molecular weight excluding hydrogens is 412 g/mol. The first kappa shape index (κ1) is 20.7. The summed E-state index contributed by atoms with van der Waals surface area (Å²) in [6, 6.07) is 25.4. The van der Waals surface area contributed by atoms with Crippen molar-refractivity contribution >= 4 is 27.7 Å². The molecule has 0 radical (unpaired) electrons. The van der Waals surface area contributed by atoms with E-state index < -0.39 is 0 Å². The summed E-state index contributed by atoms with van der Waals surface area (Å²) in [5.74, 6) is 1.49. The summed E-state index contributed by atoms with van der Waals surface area (Å²) < 4.78 is 8.31. The van der Waals surface area contributed by atoms with Crippen molar-refractivity contribution in [2.75, 3.05) is 6.61 Å². The molecule has 2 aromatic heterocycles. The third kappa shape index (κ3) is 4.28. The number of para-hydroxylation sites is 2. The van der Waals surface area contributed by atoms with Crippen LogP contribution in [0.25, 0.3) is 21.8 Å². The fourth-order valence-electron chi connectivity index (χ4n) is 4.08. The Hall–Kier alpha value is -4.19. The van der Waals surface area contributed by atoms with Crippen molar-refractivity contribution in [1.82, 2.24) is 19.9 Å². The molecule has 6 nitrogen and oxygen atoms in total. The first-order chi connectivity index (χ1) is 16.2. The number of amides is 1. The molecule has 0 saturated heterocycles. The smallest absolute Gasteiger partial charge is 0.251 e. The van der Waals surface area contributed by atoms with E-state index in [0.717, 1.165) is 33.4 Å². The van der Waals surface area contributed by atoms with Crippen LogP contribution in [-0.2, 0) is 6.54 Å². The Bertz CT molecular complexity index is 1410. The number of pyridine rings is 1. The van der Waals surface area contributed by atoms with Gasteiger partial charge in [0.2, 0.25) is 0 Å². The molecule has 1 unspecified atom stereocenters. The summed E-state index contributed by atoms with van der Waals surface area (Å²) in [7, 11) is 0. The third-order valence-electron chi connectivity index (χ3n) is 5.68. The van der Waals surface area contributed by atoms with Gasteiger partial charge in [-0.15, -0.1) is 0 Å². The van der Waals surface area contributed by atoms with Crippen LogP contribution in [0.5, 0.6) is 5.75 Å². The van der Waals surface area contributed by atoms with Gasteiger partial charge in [0.1, 0.15) is 18.2 Å². The van der Waals surface area contributed by atoms with Gasteiger partial charge in [0.15, 0.2) is 0 Å². The molecule has 164 valence electrons. The number of aromatic nitrogens is 3. The summed E-state index contributed by atoms with van der Waals surface area (Å²) in [4.78, 5) is 21.5. The number of hydrogen-bond donors (Lipinski definition) is 1. The van der Waals surface area contributed by atoms with Crippen molar-refractivity contribution < 1.29 is 9.53 Å². The standard InChI is InChI=1S/C27H24N4O2/c1-19(29-27(32)21-13-15-28-16-14-21)26-30-23-10-4-5-11-24(23)31(26)17-18-33-25-12-6-8-20-7-2-3-9-22(20)25/h2-16,19H,17-18H2,1H3,(H,29,32). The highest BCUT2D eigenvalue weighted by Crippen LogP contribution is 2.26. The molecular formula is C27H24N4O2. The number of imidazole rings is 1. The van der Waals surface area contributed by atoms with E-state index in [2.05, 4.69) is 33.1 Å². The Labute approximate surface area is 191 Å². The molecule has 0 saturated carbocycles. The lowest BCUT2D eigenvalue weighted by Crippen LogP contribution is -2.29. The van der Waals surface area contributed by atoms with Gasteiger partial charge in [-0.05, 0) is 42.6 Å². The topological polar surface area (TPSA) is 69.0 Å². The number of carbonyl (C=O) groups excluding carboxylic acids is 1. The Kier molecular flexibility index (Phi) is 5.72. The van der Waals surface area contributed by atoms with Crippen LogP contribution < -0.4 is 10.1 Å². The zero-order valence-electron chi connectivity index (χ0n) is 18.3. The van der Waals surface area contributed by atoms with Gasteiger partial charge in [-0.25, -0.2) is 4.98 Å². The van der Waals surface area contributed by atoms with Gasteiger partial charge >= 0.3 is 0 Å². The Balaban J connectivity index is 1.38. The van der Waals surface area contributed by atoms with Crippen LogP contribution in [0.3, 0.4) is 0 Å². The lowest BCUT2D eigenvalue weighted by atomic mass is 10.1.